The second kappa shape index (κ2) is 43.7. The first kappa shape index (κ1) is 85.2. The van der Waals surface area contributed by atoms with Crippen LogP contribution in [-0.4, -0.2) is 204 Å². The Morgan fingerprint density at radius 3 is 1.27 bits per heavy atom. The fourth-order valence-electron chi connectivity index (χ4n) is 11.5. The molecule has 0 bridgehead atoms. The van der Waals surface area contributed by atoms with Gasteiger partial charge in [0.1, 0.15) is 60.4 Å². The maximum absolute atomic E-state index is 15.5. The monoisotopic (exact) mass is 1530 g/mol. The van der Waals surface area contributed by atoms with Gasteiger partial charge in [0.2, 0.25) is 59.1 Å². The molecule has 19 N–H and O–H groups in total. The summed E-state index contributed by atoms with van der Waals surface area (Å²) in [6, 6.07) is 24.4. The molecule has 6 aromatic rings. The molecule has 1 saturated heterocycles. The molecule has 108 heavy (non-hydrogen) atoms. The Kier molecular flexibility index (Phi) is 34.4. The second-order valence-electron chi connectivity index (χ2n) is 26.8. The zero-order valence-electron chi connectivity index (χ0n) is 60.6. The van der Waals surface area contributed by atoms with Crippen molar-refractivity contribution in [3.8, 4) is 0 Å². The SMILES string of the molecule is CC(C)NCc1ccc(C[C@@H]2NC(=O)[C@@H](Cc3cn(Cc4ccccc4)cn3)NC(=O)[C@H](Cc3ccccc3)NC(=O)[C@@H](Cc3ccccc3)NC(=O)[C@@H](CCCCN)NC(=O)[C@H](N)CSSC[C@@H](C(=O)O)NC(=O)[C@H](CO)NC(=O)[C@@H]([C@@H](C)O)NC(=O)[C@H](Cc3ccccc3)NC(=O)[C@@H]([C@@H](C)O)NC2=O)cc1. The number of aromatic nitrogens is 2. The molecule has 1 aromatic heterocycles. The van der Waals surface area contributed by atoms with E-state index in [0.717, 1.165) is 39.6 Å². The van der Waals surface area contributed by atoms with E-state index in [9.17, 15) is 54.0 Å². The summed E-state index contributed by atoms with van der Waals surface area (Å²) in [5.41, 5.74) is 16.5. The van der Waals surface area contributed by atoms with Crippen LogP contribution in [0.4, 0.5) is 0 Å². The molecule has 32 heteroatoms. The predicted molar refractivity (Wildman–Crippen MR) is 407 cm³/mol. The highest BCUT2D eigenvalue weighted by Gasteiger charge is 2.39. The third kappa shape index (κ3) is 27.9. The predicted octanol–water partition coefficient (Wildman–Crippen LogP) is -0.520. The van der Waals surface area contributed by atoms with Crippen molar-refractivity contribution in [2.45, 2.75) is 177 Å². The number of hydrogen-bond acceptors (Lipinski definition) is 20. The normalized spacial score (nSPS) is 23.4. The van der Waals surface area contributed by atoms with E-state index in [2.05, 4.69) is 63.5 Å². The van der Waals surface area contributed by atoms with E-state index in [-0.39, 0.29) is 62.6 Å². The minimum atomic E-state index is -1.91. The maximum Gasteiger partial charge on any atom is 0.327 e. The topological polar surface area (TPSA) is 471 Å². The van der Waals surface area contributed by atoms with E-state index >= 15 is 19.2 Å². The molecule has 0 radical (unpaired) electrons. The van der Waals surface area contributed by atoms with Gasteiger partial charge in [-0.25, -0.2) is 9.78 Å². The van der Waals surface area contributed by atoms with Crippen molar-refractivity contribution in [2.75, 3.05) is 24.7 Å². The molecule has 7 rings (SSSR count). The summed E-state index contributed by atoms with van der Waals surface area (Å²) in [7, 11) is 1.83. The van der Waals surface area contributed by atoms with E-state index in [1.807, 2.05) is 56.3 Å². The van der Waals surface area contributed by atoms with Crippen molar-refractivity contribution in [1.82, 2.24) is 68.0 Å². The van der Waals surface area contributed by atoms with Crippen LogP contribution in [0.1, 0.15) is 86.0 Å². The van der Waals surface area contributed by atoms with Gasteiger partial charge in [-0.2, -0.15) is 0 Å². The summed E-state index contributed by atoms with van der Waals surface area (Å²) in [6.45, 7) is 6.26. The quantitative estimate of drug-likeness (QED) is 0.0283. The Labute approximate surface area is 634 Å². The van der Waals surface area contributed by atoms with Gasteiger partial charge >= 0.3 is 5.97 Å². The number of aliphatic hydroxyl groups excluding tert-OH is 3. The van der Waals surface area contributed by atoms with Gasteiger partial charge in [0.25, 0.3) is 0 Å². The summed E-state index contributed by atoms with van der Waals surface area (Å²) in [5, 5.41) is 72.4. The van der Waals surface area contributed by atoms with Crippen LogP contribution >= 0.6 is 21.6 Å². The molecule has 2 heterocycles. The van der Waals surface area contributed by atoms with Gasteiger partial charge in [-0.1, -0.05) is 181 Å². The molecular formula is C76H99N15O15S2. The molecule has 0 unspecified atom stereocenters. The first-order chi connectivity index (χ1) is 51.8. The summed E-state index contributed by atoms with van der Waals surface area (Å²) in [4.78, 5) is 164. The minimum absolute atomic E-state index is 0.0241. The number of nitrogens with one attached hydrogen (secondary N) is 11. The molecular weight excluding hydrogens is 1430 g/mol. The highest BCUT2D eigenvalue weighted by molar-refractivity contribution is 8.76. The Morgan fingerprint density at radius 1 is 0.472 bits per heavy atom. The number of carbonyl (C=O) groups excluding carboxylic acids is 10. The number of carbonyl (C=O) groups is 11. The zero-order chi connectivity index (χ0) is 78.2. The zero-order valence-corrected chi connectivity index (χ0v) is 62.3. The number of imidazole rings is 1. The van der Waals surface area contributed by atoms with Crippen molar-refractivity contribution < 1.29 is 73.2 Å². The van der Waals surface area contributed by atoms with Crippen molar-refractivity contribution in [3.05, 3.63) is 197 Å². The number of aliphatic carboxylic acids is 1. The number of nitrogens with two attached hydrogens (primary N) is 2. The average molecular weight is 1530 g/mol. The van der Waals surface area contributed by atoms with Gasteiger partial charge in [0.15, 0.2) is 0 Å². The average Bonchev–Trinajstić information content (AvgIpc) is 1.24. The van der Waals surface area contributed by atoms with Crippen LogP contribution in [0.5, 0.6) is 0 Å². The second-order valence-corrected chi connectivity index (χ2v) is 29.3. The molecule has 1 fully saturated rings. The third-order valence-corrected chi connectivity index (χ3v) is 20.0. The number of nitrogens with zero attached hydrogens (tertiary/aromatic N) is 2. The molecule has 5 aromatic carbocycles. The number of unbranched alkanes of at least 4 members (excludes halogenated alkanes) is 1. The number of amides is 10. The standard InChI is InChI=1S/C76H99N15O15S2/c1-45(2)79-38-52-30-28-51(29-31-52)36-59-71(100)89-64(46(3)93)74(103)86-60(35-50-23-13-7-14-24-50)72(101)90-65(47(4)94)75(104)87-62(41-92)73(102)88-63(76(105)106)43-108-107-42-55(78)66(95)81-56(27-17-18-32-77)67(96)82-57(33-48-19-9-5-10-20-48)68(97)83-58(34-49-21-11-6-12-22-49)69(98)85-61(70(99)84-59)37-54-40-91(44-80-54)39-53-25-15-8-16-26-53/h5-16,19-26,28-31,40,44-47,55-65,79,92-94H,17-18,27,32-39,41-43,77-78H2,1-4H3,(H,81,95)(H,82,96)(H,83,97)(H,84,99)(H,85,98)(H,86,103)(H,87,104)(H,88,102)(H,89,100)(H,90,101)(H,105,106)/t46-,47-,55-,56-,57-,58+,59+,60+,61-,62+,63+,64-,65-/m1/s1. The van der Waals surface area contributed by atoms with Crippen molar-refractivity contribution in [1.29, 1.82) is 0 Å². The summed E-state index contributed by atoms with van der Waals surface area (Å²) >= 11 is 0. The highest BCUT2D eigenvalue weighted by Crippen LogP contribution is 2.23. The lowest BCUT2D eigenvalue weighted by molar-refractivity contribution is -0.142. The molecule has 30 nitrogen and oxygen atoms in total. The van der Waals surface area contributed by atoms with Crippen LogP contribution in [0, 0.1) is 0 Å². The summed E-state index contributed by atoms with van der Waals surface area (Å²) in [5.74, 6) is -12.1. The smallest absolute Gasteiger partial charge is 0.327 e. The number of hydrogen-bond donors (Lipinski definition) is 17. The molecule has 0 aliphatic carbocycles. The molecule has 1 aliphatic heterocycles. The fourth-order valence-corrected chi connectivity index (χ4v) is 13.8. The summed E-state index contributed by atoms with van der Waals surface area (Å²) < 4.78 is 1.77. The molecule has 1 aliphatic rings. The highest BCUT2D eigenvalue weighted by atomic mass is 33.1. The molecule has 580 valence electrons. The van der Waals surface area contributed by atoms with Gasteiger partial charge in [0, 0.05) is 68.9 Å². The largest absolute Gasteiger partial charge is 0.480 e. The minimum Gasteiger partial charge on any atom is -0.480 e. The van der Waals surface area contributed by atoms with E-state index in [1.165, 1.54) is 6.92 Å². The van der Waals surface area contributed by atoms with Gasteiger partial charge < -0.3 is 94.9 Å². The van der Waals surface area contributed by atoms with E-state index < -0.39 is 150 Å². The summed E-state index contributed by atoms with van der Waals surface area (Å²) in [6.07, 6.45) is -0.633. The van der Waals surface area contributed by atoms with Crippen LogP contribution in [0.2, 0.25) is 0 Å². The lowest BCUT2D eigenvalue weighted by Gasteiger charge is -2.29. The van der Waals surface area contributed by atoms with Crippen LogP contribution in [-0.2, 0) is 97.9 Å². The Morgan fingerprint density at radius 2 is 0.843 bits per heavy atom. The lowest BCUT2D eigenvalue weighted by atomic mass is 10.00. The van der Waals surface area contributed by atoms with E-state index in [1.54, 1.807) is 120 Å². The van der Waals surface area contributed by atoms with Crippen LogP contribution in [0.3, 0.4) is 0 Å². The Hall–Kier alpha value is -10.1. The Bertz CT molecular complexity index is 3920. The number of rotatable bonds is 23. The van der Waals surface area contributed by atoms with Gasteiger partial charge in [-0.05, 0) is 73.0 Å². The van der Waals surface area contributed by atoms with Crippen LogP contribution in [0.15, 0.2) is 158 Å². The number of aliphatic hydroxyl groups is 3. The molecule has 0 spiro atoms. The van der Waals surface area contributed by atoms with Gasteiger partial charge in [-0.15, -0.1) is 0 Å². The van der Waals surface area contributed by atoms with Gasteiger partial charge in [-0.3, -0.25) is 47.9 Å². The number of carboxylic acid groups (broad SMARTS) is 1. The van der Waals surface area contributed by atoms with Crippen molar-refractivity contribution in [3.63, 3.8) is 0 Å². The van der Waals surface area contributed by atoms with Crippen molar-refractivity contribution in [2.24, 2.45) is 11.5 Å². The molecule has 10 amide bonds. The van der Waals surface area contributed by atoms with Crippen LogP contribution < -0.4 is 70.0 Å². The van der Waals surface area contributed by atoms with Crippen molar-refractivity contribution >= 4 is 86.6 Å². The first-order valence-corrected chi connectivity index (χ1v) is 38.2. The fraction of sp³-hybridized carbons (Fsp3) is 0.421. The van der Waals surface area contributed by atoms with E-state index in [4.69, 9.17) is 11.5 Å². The maximum atomic E-state index is 15.5. The van der Waals surface area contributed by atoms with Crippen LogP contribution in [0.25, 0.3) is 0 Å². The van der Waals surface area contributed by atoms with E-state index in [0.29, 0.717) is 53.9 Å². The Balaban J connectivity index is 1.32. The molecule has 0 saturated carbocycles. The lowest BCUT2D eigenvalue weighted by Crippen LogP contribution is -2.63. The third-order valence-electron chi connectivity index (χ3n) is 17.5. The molecule has 13 atom stereocenters. The number of benzene rings is 5. The number of carboxylic acids is 1. The van der Waals surface area contributed by atoms with Gasteiger partial charge in [0.05, 0.1) is 36.9 Å². The first-order valence-electron chi connectivity index (χ1n) is 35.7.